The number of hydrogen-bond acceptors (Lipinski definition) is 6. The van der Waals surface area contributed by atoms with Crippen molar-refractivity contribution in [2.75, 3.05) is 39.2 Å². The van der Waals surface area contributed by atoms with Crippen LogP contribution in [0.1, 0.15) is 27.9 Å². The molecule has 1 fully saturated rings. The zero-order valence-electron chi connectivity index (χ0n) is 14.7. The van der Waals surface area contributed by atoms with Gasteiger partial charge in [-0.05, 0) is 19.1 Å². The molecule has 2 aromatic rings. The van der Waals surface area contributed by atoms with Gasteiger partial charge in [0, 0.05) is 25.4 Å². The van der Waals surface area contributed by atoms with Crippen LogP contribution in [0.2, 0.25) is 0 Å². The molecule has 1 unspecified atom stereocenters. The first-order valence-electron chi connectivity index (χ1n) is 8.19. The molecule has 7 heteroatoms. The fraction of sp³-hybridized carbons (Fsp3) is 0.389. The maximum Gasteiger partial charge on any atom is 0.258 e. The Labute approximate surface area is 147 Å². The Balaban J connectivity index is 1.96. The van der Waals surface area contributed by atoms with Crippen LogP contribution in [-0.2, 0) is 4.74 Å². The van der Waals surface area contributed by atoms with Gasteiger partial charge in [-0.1, -0.05) is 12.1 Å². The van der Waals surface area contributed by atoms with Crippen LogP contribution in [0.15, 0.2) is 30.3 Å². The van der Waals surface area contributed by atoms with Crippen LogP contribution in [0.3, 0.4) is 0 Å². The molecule has 0 bridgehead atoms. The highest BCUT2D eigenvalue weighted by Gasteiger charge is 2.32. The molecule has 25 heavy (non-hydrogen) atoms. The molecule has 0 radical (unpaired) electrons. The maximum absolute atomic E-state index is 13.1. The van der Waals surface area contributed by atoms with Crippen molar-refractivity contribution in [1.82, 2.24) is 14.9 Å². The second kappa shape index (κ2) is 7.48. The van der Waals surface area contributed by atoms with E-state index in [2.05, 4.69) is 15.3 Å². The van der Waals surface area contributed by atoms with Gasteiger partial charge in [-0.15, -0.1) is 0 Å². The fourth-order valence-electron chi connectivity index (χ4n) is 2.91. The number of anilines is 1. The Morgan fingerprint density at radius 3 is 2.92 bits per heavy atom. The zero-order valence-corrected chi connectivity index (χ0v) is 14.7. The number of nitrogens with zero attached hydrogens (tertiary/aromatic N) is 3. The largest absolute Gasteiger partial charge is 0.496 e. The molecule has 3 rings (SSSR count). The van der Waals surface area contributed by atoms with Crippen molar-refractivity contribution < 1.29 is 14.3 Å². The van der Waals surface area contributed by atoms with Gasteiger partial charge < -0.3 is 19.7 Å². The lowest BCUT2D eigenvalue weighted by atomic mass is 10.1. The third-order valence-electron chi connectivity index (χ3n) is 4.15. The quantitative estimate of drug-likeness (QED) is 0.916. The highest BCUT2D eigenvalue weighted by atomic mass is 16.5. The molecule has 0 saturated carbocycles. The normalized spacial score (nSPS) is 17.2. The van der Waals surface area contributed by atoms with Crippen molar-refractivity contribution in [2.24, 2.45) is 0 Å². The second-order valence-electron chi connectivity index (χ2n) is 5.79. The van der Waals surface area contributed by atoms with Crippen LogP contribution in [-0.4, -0.2) is 54.7 Å². The number of aryl methyl sites for hydroxylation is 1. The van der Waals surface area contributed by atoms with E-state index in [-0.39, 0.29) is 11.9 Å². The summed E-state index contributed by atoms with van der Waals surface area (Å²) in [5, 5.41) is 3.03. The first-order valence-corrected chi connectivity index (χ1v) is 8.19. The Morgan fingerprint density at radius 2 is 2.16 bits per heavy atom. The fourth-order valence-corrected chi connectivity index (χ4v) is 2.91. The highest BCUT2D eigenvalue weighted by Crippen LogP contribution is 2.27. The van der Waals surface area contributed by atoms with Crippen molar-refractivity contribution in [3.05, 3.63) is 47.4 Å². The molecule has 1 saturated heterocycles. The summed E-state index contributed by atoms with van der Waals surface area (Å²) in [6, 6.07) is 8.75. The van der Waals surface area contributed by atoms with E-state index in [0.29, 0.717) is 36.9 Å². The first-order chi connectivity index (χ1) is 12.1. The highest BCUT2D eigenvalue weighted by molar-refractivity contribution is 5.97. The molecule has 1 atom stereocenters. The summed E-state index contributed by atoms with van der Waals surface area (Å²) in [5.41, 5.74) is 1.36. The Kier molecular flexibility index (Phi) is 5.14. The first kappa shape index (κ1) is 17.2. The lowest BCUT2D eigenvalue weighted by molar-refractivity contribution is -0.00537. The minimum atomic E-state index is -0.335. The molecule has 1 aliphatic rings. The number of nitrogens with one attached hydrogen (secondary N) is 1. The molecular weight excluding hydrogens is 320 g/mol. The number of morpholine rings is 1. The number of amides is 1. The van der Waals surface area contributed by atoms with E-state index in [9.17, 15) is 4.79 Å². The van der Waals surface area contributed by atoms with Crippen molar-refractivity contribution in [2.45, 2.75) is 13.0 Å². The summed E-state index contributed by atoms with van der Waals surface area (Å²) in [4.78, 5) is 23.9. The monoisotopic (exact) mass is 342 g/mol. The van der Waals surface area contributed by atoms with E-state index < -0.39 is 0 Å². The van der Waals surface area contributed by atoms with Crippen LogP contribution >= 0.6 is 0 Å². The van der Waals surface area contributed by atoms with E-state index in [0.717, 1.165) is 11.5 Å². The number of carbonyl (C=O) groups is 1. The molecule has 1 aliphatic heterocycles. The third-order valence-corrected chi connectivity index (χ3v) is 4.15. The summed E-state index contributed by atoms with van der Waals surface area (Å²) < 4.78 is 10.9. The number of ether oxygens (including phenoxy) is 2. The summed E-state index contributed by atoms with van der Waals surface area (Å²) >= 11 is 0. The lowest BCUT2D eigenvalue weighted by Crippen LogP contribution is -2.44. The van der Waals surface area contributed by atoms with Crippen LogP contribution < -0.4 is 10.1 Å². The molecule has 1 aromatic heterocycles. The van der Waals surface area contributed by atoms with Gasteiger partial charge in [-0.25, -0.2) is 9.97 Å². The van der Waals surface area contributed by atoms with Crippen molar-refractivity contribution in [3.63, 3.8) is 0 Å². The number of para-hydroxylation sites is 1. The SMILES string of the molecule is CNc1cc(C)nc(C2COCCN2C(=O)c2ccccc2OC)n1. The number of hydrogen-bond donors (Lipinski definition) is 1. The van der Waals surface area contributed by atoms with Gasteiger partial charge >= 0.3 is 0 Å². The van der Waals surface area contributed by atoms with Gasteiger partial charge in [0.1, 0.15) is 17.6 Å². The van der Waals surface area contributed by atoms with E-state index in [1.54, 1.807) is 31.2 Å². The average molecular weight is 342 g/mol. The van der Waals surface area contributed by atoms with Gasteiger partial charge in [0.05, 0.1) is 25.9 Å². The summed E-state index contributed by atoms with van der Waals surface area (Å²) in [6.45, 7) is 3.24. The lowest BCUT2D eigenvalue weighted by Gasteiger charge is -2.35. The molecular formula is C18H22N4O3. The number of rotatable bonds is 4. The number of benzene rings is 1. The predicted molar refractivity (Wildman–Crippen MR) is 93.9 cm³/mol. The topological polar surface area (TPSA) is 76.6 Å². The number of aromatic nitrogens is 2. The standard InChI is InChI=1S/C18H22N4O3/c1-12-10-16(19-2)21-17(20-12)14-11-25-9-8-22(14)18(23)13-6-4-5-7-15(13)24-3/h4-7,10,14H,8-9,11H2,1-3H3,(H,19,20,21). The third kappa shape index (κ3) is 3.56. The molecule has 0 aliphatic carbocycles. The van der Waals surface area contributed by atoms with Crippen LogP contribution in [0, 0.1) is 6.92 Å². The molecule has 1 amide bonds. The van der Waals surface area contributed by atoms with E-state index in [4.69, 9.17) is 9.47 Å². The molecule has 2 heterocycles. The molecule has 132 valence electrons. The minimum absolute atomic E-state index is 0.109. The maximum atomic E-state index is 13.1. The summed E-state index contributed by atoms with van der Waals surface area (Å²) in [7, 11) is 3.37. The van der Waals surface area contributed by atoms with Crippen molar-refractivity contribution >= 4 is 11.7 Å². The van der Waals surface area contributed by atoms with Gasteiger partial charge in [0.15, 0.2) is 5.82 Å². The number of methoxy groups -OCH3 is 1. The van der Waals surface area contributed by atoms with E-state index in [1.807, 2.05) is 25.1 Å². The Hall–Kier alpha value is -2.67. The van der Waals surface area contributed by atoms with Gasteiger partial charge in [0.25, 0.3) is 5.91 Å². The minimum Gasteiger partial charge on any atom is -0.496 e. The molecule has 1 aromatic carbocycles. The van der Waals surface area contributed by atoms with Gasteiger partial charge in [0.2, 0.25) is 0 Å². The van der Waals surface area contributed by atoms with Gasteiger partial charge in [-0.3, -0.25) is 4.79 Å². The second-order valence-corrected chi connectivity index (χ2v) is 5.79. The Morgan fingerprint density at radius 1 is 1.36 bits per heavy atom. The van der Waals surface area contributed by atoms with E-state index in [1.165, 1.54) is 0 Å². The average Bonchev–Trinajstić information content (AvgIpc) is 2.66. The number of carbonyl (C=O) groups excluding carboxylic acids is 1. The van der Waals surface area contributed by atoms with E-state index >= 15 is 0 Å². The van der Waals surface area contributed by atoms with Crippen molar-refractivity contribution in [3.8, 4) is 5.75 Å². The Bertz CT molecular complexity index is 766. The van der Waals surface area contributed by atoms with Crippen LogP contribution in [0.25, 0.3) is 0 Å². The van der Waals surface area contributed by atoms with Crippen LogP contribution in [0.5, 0.6) is 5.75 Å². The van der Waals surface area contributed by atoms with Crippen LogP contribution in [0.4, 0.5) is 5.82 Å². The zero-order chi connectivity index (χ0) is 17.8. The van der Waals surface area contributed by atoms with Gasteiger partial charge in [-0.2, -0.15) is 0 Å². The molecule has 7 nitrogen and oxygen atoms in total. The summed E-state index contributed by atoms with van der Waals surface area (Å²) in [6.07, 6.45) is 0. The smallest absolute Gasteiger partial charge is 0.258 e. The molecule has 0 spiro atoms. The molecule has 1 N–H and O–H groups in total. The van der Waals surface area contributed by atoms with Crippen molar-refractivity contribution in [1.29, 1.82) is 0 Å². The predicted octanol–water partition coefficient (Wildman–Crippen LogP) is 2.05. The summed E-state index contributed by atoms with van der Waals surface area (Å²) in [5.74, 6) is 1.74.